The molecule has 2 aliphatic rings. The van der Waals surface area contributed by atoms with E-state index in [1.807, 2.05) is 31.2 Å². The van der Waals surface area contributed by atoms with E-state index in [9.17, 15) is 4.39 Å². The fourth-order valence-corrected chi connectivity index (χ4v) is 6.25. The molecule has 2 fully saturated rings. The normalized spacial score (nSPS) is 26.1. The molecule has 0 radical (unpaired) electrons. The minimum Gasteiger partial charge on any atom is -0.309 e. The van der Waals surface area contributed by atoms with Crippen molar-refractivity contribution >= 4 is 0 Å². The molecule has 4 heteroatoms. The molecule has 0 aromatic heterocycles. The lowest BCUT2D eigenvalue weighted by Gasteiger charge is -2.28. The van der Waals surface area contributed by atoms with Crippen molar-refractivity contribution in [3.8, 4) is 0 Å². The van der Waals surface area contributed by atoms with Gasteiger partial charge in [0.15, 0.2) is 0 Å². The summed E-state index contributed by atoms with van der Waals surface area (Å²) in [6, 6.07) is 12.0. The van der Waals surface area contributed by atoms with Gasteiger partial charge in [-0.25, -0.2) is 4.39 Å². The van der Waals surface area contributed by atoms with Crippen LogP contribution in [0.4, 0.5) is 13.2 Å². The first-order chi connectivity index (χ1) is 17.8. The van der Waals surface area contributed by atoms with Crippen LogP contribution in [0, 0.1) is 17.7 Å². The van der Waals surface area contributed by atoms with Gasteiger partial charge in [-0.2, -0.15) is 8.78 Å². The van der Waals surface area contributed by atoms with E-state index in [4.69, 9.17) is 4.74 Å². The van der Waals surface area contributed by atoms with Crippen LogP contribution in [-0.4, -0.2) is 0 Å². The molecule has 2 aromatic rings. The third kappa shape index (κ3) is 6.96. The summed E-state index contributed by atoms with van der Waals surface area (Å²) in [6.07, 6.45) is 12.8. The third-order valence-corrected chi connectivity index (χ3v) is 8.45. The van der Waals surface area contributed by atoms with E-state index < -0.39 is 23.6 Å². The van der Waals surface area contributed by atoms with Gasteiger partial charge in [-0.05, 0) is 125 Å². The van der Waals surface area contributed by atoms with E-state index in [0.717, 1.165) is 44.1 Å². The van der Waals surface area contributed by atoms with E-state index in [-0.39, 0.29) is 5.92 Å². The molecule has 0 heterocycles. The molecule has 0 amide bonds. The maximum atomic E-state index is 15.1. The predicted octanol–water partition coefficient (Wildman–Crippen LogP) is 10.4. The molecule has 0 saturated heterocycles. The lowest BCUT2D eigenvalue weighted by molar-refractivity contribution is -0.273. The number of hydrogen-bond acceptors (Lipinski definition) is 1. The zero-order chi connectivity index (χ0) is 26.4. The summed E-state index contributed by atoms with van der Waals surface area (Å²) in [4.78, 5) is 0. The van der Waals surface area contributed by atoms with Crippen molar-refractivity contribution in [3.63, 3.8) is 0 Å². The zero-order valence-electron chi connectivity index (χ0n) is 22.4. The van der Waals surface area contributed by atoms with Crippen molar-refractivity contribution in [1.82, 2.24) is 0 Å². The average molecular weight is 511 g/mol. The number of hydrogen-bond donors (Lipinski definition) is 0. The van der Waals surface area contributed by atoms with Crippen molar-refractivity contribution in [2.45, 2.75) is 96.2 Å². The molecule has 2 aromatic carbocycles. The third-order valence-electron chi connectivity index (χ3n) is 8.45. The number of rotatable bonds is 8. The van der Waals surface area contributed by atoms with Gasteiger partial charge < -0.3 is 4.74 Å². The molecule has 2 saturated carbocycles. The lowest BCUT2D eigenvalue weighted by atomic mass is 9.78. The van der Waals surface area contributed by atoms with Crippen LogP contribution in [0.2, 0.25) is 0 Å². The summed E-state index contributed by atoms with van der Waals surface area (Å²) < 4.78 is 50.2. The second-order valence-electron chi connectivity index (χ2n) is 11.0. The number of allylic oxidation sites excluding steroid dienone is 4. The van der Waals surface area contributed by atoms with E-state index in [1.54, 1.807) is 13.0 Å². The Hall–Kier alpha value is -2.33. The monoisotopic (exact) mass is 510 g/mol. The number of halogens is 3. The Morgan fingerprint density at radius 2 is 1.24 bits per heavy atom. The highest BCUT2D eigenvalue weighted by Crippen LogP contribution is 2.41. The van der Waals surface area contributed by atoms with Crippen molar-refractivity contribution in [3.05, 3.63) is 94.8 Å². The lowest BCUT2D eigenvalue weighted by Crippen LogP contribution is -2.22. The van der Waals surface area contributed by atoms with Crippen molar-refractivity contribution < 1.29 is 17.9 Å². The largest absolute Gasteiger partial charge is 0.386 e. The molecule has 0 spiro atoms. The molecule has 4 rings (SSSR count). The van der Waals surface area contributed by atoms with E-state index in [2.05, 4.69) is 31.2 Å². The highest BCUT2D eigenvalue weighted by molar-refractivity contribution is 5.30. The minimum absolute atomic E-state index is 0.218. The molecule has 2 aliphatic carbocycles. The van der Waals surface area contributed by atoms with Crippen molar-refractivity contribution in [2.24, 2.45) is 11.8 Å². The molecule has 0 aliphatic heterocycles. The topological polar surface area (TPSA) is 9.23 Å². The highest BCUT2D eigenvalue weighted by atomic mass is 19.3. The summed E-state index contributed by atoms with van der Waals surface area (Å²) in [5.74, 6) is 1.07. The van der Waals surface area contributed by atoms with Gasteiger partial charge in [0.2, 0.25) is 0 Å². The first-order valence-electron chi connectivity index (χ1n) is 14.0. The van der Waals surface area contributed by atoms with Gasteiger partial charge in [-0.3, -0.25) is 0 Å². The molecular weight excluding hydrogens is 469 g/mol. The zero-order valence-corrected chi connectivity index (χ0v) is 22.4. The van der Waals surface area contributed by atoms with Crippen molar-refractivity contribution in [2.75, 3.05) is 0 Å². The molecular formula is C33H41F3O. The molecule has 0 N–H and O–H groups in total. The van der Waals surface area contributed by atoms with Gasteiger partial charge in [-0.15, -0.1) is 0 Å². The maximum absolute atomic E-state index is 15.1. The van der Waals surface area contributed by atoms with Gasteiger partial charge >= 0.3 is 6.11 Å². The van der Waals surface area contributed by atoms with Crippen LogP contribution in [0.15, 0.2) is 66.8 Å². The Kier molecular flexibility index (Phi) is 9.34. The van der Waals surface area contributed by atoms with Crippen LogP contribution in [0.1, 0.15) is 112 Å². The second kappa shape index (κ2) is 12.5. The Labute approximate surface area is 220 Å². The first-order valence-corrected chi connectivity index (χ1v) is 14.0. The van der Waals surface area contributed by atoms with Crippen LogP contribution in [0.5, 0.6) is 0 Å². The highest BCUT2D eigenvalue weighted by Gasteiger charge is 2.38. The van der Waals surface area contributed by atoms with Gasteiger partial charge in [0.25, 0.3) is 0 Å². The van der Waals surface area contributed by atoms with Crippen LogP contribution in [0.3, 0.4) is 0 Å². The Balaban J connectivity index is 1.37. The number of alkyl halides is 2. The smallest absolute Gasteiger partial charge is 0.309 e. The van der Waals surface area contributed by atoms with Gasteiger partial charge in [0, 0.05) is 0 Å². The molecule has 1 atom stereocenters. The SMILES string of the molecule is C/C=C/C1CCC(c2ccc(C(C)OC(F)(F)c3ccc(C4CCC(/C=C/C)CC4)cc3F)cc2)CC1. The van der Waals surface area contributed by atoms with Gasteiger partial charge in [0.05, 0.1) is 11.7 Å². The summed E-state index contributed by atoms with van der Waals surface area (Å²) in [5.41, 5.74) is 2.03. The second-order valence-corrected chi connectivity index (χ2v) is 11.0. The molecule has 0 bridgehead atoms. The van der Waals surface area contributed by atoms with Crippen LogP contribution in [-0.2, 0) is 10.8 Å². The summed E-state index contributed by atoms with van der Waals surface area (Å²) in [7, 11) is 0. The quantitative estimate of drug-likeness (QED) is 0.321. The van der Waals surface area contributed by atoms with Crippen LogP contribution < -0.4 is 0 Å². The Morgan fingerprint density at radius 1 is 0.757 bits per heavy atom. The fraction of sp³-hybridized carbons (Fsp3) is 0.515. The van der Waals surface area contributed by atoms with Gasteiger partial charge in [-0.1, -0.05) is 54.6 Å². The van der Waals surface area contributed by atoms with E-state index >= 15 is 8.78 Å². The van der Waals surface area contributed by atoms with E-state index in [1.165, 1.54) is 30.5 Å². The fourth-order valence-electron chi connectivity index (χ4n) is 6.25. The van der Waals surface area contributed by atoms with Crippen LogP contribution in [0.25, 0.3) is 0 Å². The maximum Gasteiger partial charge on any atom is 0.386 e. The standard InChI is InChI=1S/C33H41F3O/c1-4-6-24-8-12-27(13-9-24)28-18-16-26(17-19-28)23(3)37-33(35,36)31-21-20-30(22-32(31)34)29-14-10-25(7-5-2)11-15-29/h4-7,16-25,27,29H,8-15H2,1-3H3/b6-4+,7-5+. The molecule has 1 nitrogen and oxygen atoms in total. The number of benzene rings is 2. The average Bonchev–Trinajstić information content (AvgIpc) is 2.89. The molecule has 1 unspecified atom stereocenters. The first kappa shape index (κ1) is 27.7. The van der Waals surface area contributed by atoms with Crippen molar-refractivity contribution in [1.29, 1.82) is 0 Å². The van der Waals surface area contributed by atoms with Crippen LogP contribution >= 0.6 is 0 Å². The minimum atomic E-state index is -3.71. The predicted molar refractivity (Wildman–Crippen MR) is 145 cm³/mol. The number of ether oxygens (including phenoxy) is 1. The molecule has 37 heavy (non-hydrogen) atoms. The Bertz CT molecular complexity index is 1060. The van der Waals surface area contributed by atoms with E-state index in [0.29, 0.717) is 23.3 Å². The Morgan fingerprint density at radius 3 is 1.73 bits per heavy atom. The summed E-state index contributed by atoms with van der Waals surface area (Å²) in [5, 5.41) is 0. The molecule has 200 valence electrons. The van der Waals surface area contributed by atoms with Gasteiger partial charge in [0.1, 0.15) is 5.82 Å². The summed E-state index contributed by atoms with van der Waals surface area (Å²) >= 11 is 0. The summed E-state index contributed by atoms with van der Waals surface area (Å²) in [6.45, 7) is 5.69.